The Balaban J connectivity index is 2.57. The molecular weight excluding hydrogens is 398 g/mol. The molecule has 0 fully saturated rings. The van der Waals surface area contributed by atoms with Crippen molar-refractivity contribution >= 4 is 17.8 Å². The molecule has 0 aromatic heterocycles. The fraction of sp³-hybridized carbons (Fsp3) is 0.500. The summed E-state index contributed by atoms with van der Waals surface area (Å²) >= 11 is 0. The Morgan fingerprint density at radius 2 is 1.87 bits per heavy atom. The number of carbonyl (C=O) groups is 3. The Kier molecular flexibility index (Phi) is 12.2. The molecule has 1 rings (SSSR count). The van der Waals surface area contributed by atoms with Crippen molar-refractivity contribution in [2.45, 2.75) is 52.1 Å². The minimum atomic E-state index is -0.648. The Morgan fingerprint density at radius 1 is 1.16 bits per heavy atom. The van der Waals surface area contributed by atoms with Crippen LogP contribution in [-0.4, -0.2) is 53.4 Å². The van der Waals surface area contributed by atoms with E-state index in [0.717, 1.165) is 17.0 Å². The molecule has 0 aliphatic carbocycles. The Bertz CT molecular complexity index is 726. The number of nitroso groups, excluding NO2 is 1. The molecule has 170 valence electrons. The van der Waals surface area contributed by atoms with Gasteiger partial charge in [-0.3, -0.25) is 9.59 Å². The van der Waals surface area contributed by atoms with Crippen LogP contribution in [0.25, 0.3) is 0 Å². The molecule has 31 heavy (non-hydrogen) atoms. The van der Waals surface area contributed by atoms with Crippen molar-refractivity contribution in [3.05, 3.63) is 53.5 Å². The number of nitrogens with zero attached hydrogens (tertiary/aromatic N) is 3. The highest BCUT2D eigenvalue weighted by atomic mass is 16.3. The molecule has 1 aromatic rings. The molecule has 2 N–H and O–H groups in total. The predicted molar refractivity (Wildman–Crippen MR) is 120 cm³/mol. The van der Waals surface area contributed by atoms with Crippen LogP contribution in [-0.2, 0) is 16.1 Å². The minimum absolute atomic E-state index is 0.0503. The van der Waals surface area contributed by atoms with Gasteiger partial charge >= 0.3 is 6.03 Å². The first kappa shape index (κ1) is 25.8. The minimum Gasteiger partial charge on any atom is -0.350 e. The predicted octanol–water partition coefficient (Wildman–Crippen LogP) is 2.98. The van der Waals surface area contributed by atoms with Gasteiger partial charge in [-0.2, -0.15) is 5.01 Å². The third-order valence-electron chi connectivity index (χ3n) is 4.56. The van der Waals surface area contributed by atoms with Gasteiger partial charge < -0.3 is 15.5 Å². The summed E-state index contributed by atoms with van der Waals surface area (Å²) in [6.45, 7) is 8.19. The summed E-state index contributed by atoms with van der Waals surface area (Å²) in [5.74, 6) is -0.525. The highest BCUT2D eigenvalue weighted by molar-refractivity contribution is 5.86. The van der Waals surface area contributed by atoms with E-state index < -0.39 is 12.1 Å². The molecular formula is C22H33N5O4. The van der Waals surface area contributed by atoms with E-state index in [2.05, 4.69) is 22.5 Å². The van der Waals surface area contributed by atoms with E-state index in [1.54, 1.807) is 4.90 Å². The second-order valence-corrected chi connectivity index (χ2v) is 7.17. The van der Waals surface area contributed by atoms with Crippen molar-refractivity contribution in [1.29, 1.82) is 0 Å². The zero-order chi connectivity index (χ0) is 23.1. The molecule has 0 aliphatic rings. The molecule has 0 saturated carbocycles. The zero-order valence-corrected chi connectivity index (χ0v) is 18.4. The largest absolute Gasteiger partial charge is 0.350 e. The first-order valence-corrected chi connectivity index (χ1v) is 10.5. The highest BCUT2D eigenvalue weighted by Gasteiger charge is 2.22. The molecule has 0 unspecified atom stereocenters. The molecule has 0 aliphatic heterocycles. The average Bonchev–Trinajstić information content (AvgIpc) is 2.77. The summed E-state index contributed by atoms with van der Waals surface area (Å²) in [6, 6.07) is 8.41. The van der Waals surface area contributed by atoms with Crippen LogP contribution in [0.2, 0.25) is 0 Å². The number of unbranched alkanes of at least 4 members (excludes halogenated alkanes) is 1. The maximum absolute atomic E-state index is 12.5. The monoisotopic (exact) mass is 431 g/mol. The molecule has 0 saturated heterocycles. The van der Waals surface area contributed by atoms with Crippen molar-refractivity contribution in [2.24, 2.45) is 5.29 Å². The van der Waals surface area contributed by atoms with Gasteiger partial charge in [-0.25, -0.2) is 4.79 Å². The normalized spacial score (nSPS) is 11.2. The SMILES string of the molecule is C=CCN(N=O)C(=O)N(CCC)CCCC[C@H](NC(C)=O)C(=O)NCc1ccccc1. The average molecular weight is 432 g/mol. The van der Waals surface area contributed by atoms with E-state index >= 15 is 0 Å². The van der Waals surface area contributed by atoms with Gasteiger partial charge in [0.1, 0.15) is 6.04 Å². The topological polar surface area (TPSA) is 111 Å². The van der Waals surface area contributed by atoms with E-state index in [1.165, 1.54) is 13.0 Å². The van der Waals surface area contributed by atoms with E-state index in [9.17, 15) is 19.3 Å². The first-order chi connectivity index (χ1) is 14.9. The second kappa shape index (κ2) is 14.7. The smallest absolute Gasteiger partial charge is 0.343 e. The third kappa shape index (κ3) is 9.88. The van der Waals surface area contributed by atoms with Crippen molar-refractivity contribution in [2.75, 3.05) is 19.6 Å². The maximum atomic E-state index is 12.5. The standard InChI is InChI=1S/C22H33N5O4/c1-4-14-26(22(30)27(25-31)15-5-2)16-10-9-13-20(24-18(3)28)21(29)23-17-19-11-7-6-8-12-19/h5-8,11-12,20H,2,4,9-10,13-17H2,1,3H3,(H,23,29)(H,24,28)/t20-/m0/s1. The number of benzene rings is 1. The van der Waals surface area contributed by atoms with Crippen molar-refractivity contribution in [1.82, 2.24) is 20.5 Å². The Morgan fingerprint density at radius 3 is 2.45 bits per heavy atom. The van der Waals surface area contributed by atoms with Gasteiger partial charge in [0, 0.05) is 26.6 Å². The van der Waals surface area contributed by atoms with Gasteiger partial charge in [-0.15, -0.1) is 11.5 Å². The summed E-state index contributed by atoms with van der Waals surface area (Å²) in [5, 5.41) is 9.13. The van der Waals surface area contributed by atoms with Crippen LogP contribution in [0.3, 0.4) is 0 Å². The van der Waals surface area contributed by atoms with Gasteiger partial charge in [0.25, 0.3) is 0 Å². The first-order valence-electron chi connectivity index (χ1n) is 10.5. The fourth-order valence-corrected chi connectivity index (χ4v) is 3.08. The molecule has 1 aromatic carbocycles. The molecule has 9 nitrogen and oxygen atoms in total. The van der Waals surface area contributed by atoms with Crippen LogP contribution in [0.15, 0.2) is 48.3 Å². The van der Waals surface area contributed by atoms with E-state index in [1.807, 2.05) is 37.3 Å². The quantitative estimate of drug-likeness (QED) is 0.204. The summed E-state index contributed by atoms with van der Waals surface area (Å²) in [5.41, 5.74) is 0.971. The van der Waals surface area contributed by atoms with Crippen LogP contribution in [0.5, 0.6) is 0 Å². The number of nitrogens with one attached hydrogen (secondary N) is 2. The molecule has 0 bridgehead atoms. The molecule has 0 heterocycles. The van der Waals surface area contributed by atoms with Crippen LogP contribution in [0.4, 0.5) is 4.79 Å². The van der Waals surface area contributed by atoms with Crippen LogP contribution >= 0.6 is 0 Å². The van der Waals surface area contributed by atoms with E-state index in [-0.39, 0.29) is 18.4 Å². The number of urea groups is 1. The lowest BCUT2D eigenvalue weighted by Gasteiger charge is -2.25. The fourth-order valence-electron chi connectivity index (χ4n) is 3.08. The van der Waals surface area contributed by atoms with Gasteiger partial charge in [0.05, 0.1) is 11.8 Å². The second-order valence-electron chi connectivity index (χ2n) is 7.17. The lowest BCUT2D eigenvalue weighted by molar-refractivity contribution is -0.128. The van der Waals surface area contributed by atoms with Gasteiger partial charge in [0.2, 0.25) is 11.8 Å². The summed E-state index contributed by atoms with van der Waals surface area (Å²) in [7, 11) is 0. The lowest BCUT2D eigenvalue weighted by Crippen LogP contribution is -2.46. The van der Waals surface area contributed by atoms with Crippen LogP contribution < -0.4 is 10.6 Å². The number of hydrogen-bond donors (Lipinski definition) is 2. The number of carbonyl (C=O) groups excluding carboxylic acids is 3. The van der Waals surface area contributed by atoms with E-state index in [4.69, 9.17) is 0 Å². The Hall–Kier alpha value is -3.23. The summed E-state index contributed by atoms with van der Waals surface area (Å²) < 4.78 is 0. The van der Waals surface area contributed by atoms with Crippen LogP contribution in [0, 0.1) is 4.91 Å². The van der Waals surface area contributed by atoms with Gasteiger partial charge in [-0.1, -0.05) is 43.3 Å². The molecule has 9 heteroatoms. The summed E-state index contributed by atoms with van der Waals surface area (Å²) in [6.07, 6.45) is 3.86. The summed E-state index contributed by atoms with van der Waals surface area (Å²) in [4.78, 5) is 49.0. The number of hydrogen-bond acceptors (Lipinski definition) is 5. The highest BCUT2D eigenvalue weighted by Crippen LogP contribution is 2.08. The van der Waals surface area contributed by atoms with Gasteiger partial charge in [0.15, 0.2) is 0 Å². The Labute approximate surface area is 183 Å². The molecule has 0 spiro atoms. The van der Waals surface area contributed by atoms with Crippen molar-refractivity contribution < 1.29 is 14.4 Å². The van der Waals surface area contributed by atoms with Crippen molar-refractivity contribution in [3.8, 4) is 0 Å². The van der Waals surface area contributed by atoms with Crippen molar-refractivity contribution in [3.63, 3.8) is 0 Å². The van der Waals surface area contributed by atoms with Gasteiger partial charge in [-0.05, 0) is 31.2 Å². The maximum Gasteiger partial charge on any atom is 0.343 e. The zero-order valence-electron chi connectivity index (χ0n) is 18.4. The number of amides is 4. The molecule has 0 radical (unpaired) electrons. The molecule has 4 amide bonds. The molecule has 1 atom stereocenters. The lowest BCUT2D eigenvalue weighted by atomic mass is 10.1. The number of rotatable bonds is 14. The third-order valence-corrected chi connectivity index (χ3v) is 4.56. The van der Waals surface area contributed by atoms with Crippen LogP contribution in [0.1, 0.15) is 45.1 Å². The van der Waals surface area contributed by atoms with E-state index in [0.29, 0.717) is 38.9 Å².